The lowest BCUT2D eigenvalue weighted by atomic mass is 10.00. The maximum atomic E-state index is 12.7. The van der Waals surface area contributed by atoms with Crippen molar-refractivity contribution in [2.24, 2.45) is 21.8 Å². The van der Waals surface area contributed by atoms with Gasteiger partial charge >= 0.3 is 10.3 Å². The number of hydroxylamine groups is 2. The van der Waals surface area contributed by atoms with Crippen molar-refractivity contribution < 1.29 is 56.5 Å². The lowest BCUT2D eigenvalue weighted by molar-refractivity contribution is -0.207. The van der Waals surface area contributed by atoms with Gasteiger partial charge in [0.2, 0.25) is 11.5 Å². The molecule has 2 fully saturated rings. The summed E-state index contributed by atoms with van der Waals surface area (Å²) in [6, 6.07) is 9.48. The van der Waals surface area contributed by atoms with Crippen molar-refractivity contribution in [1.82, 2.24) is 34.3 Å². The minimum Gasteiger partial charge on any atom is -0.490 e. The lowest BCUT2D eigenvalue weighted by Crippen LogP contribution is -2.71. The van der Waals surface area contributed by atoms with Crippen LogP contribution < -0.4 is 43.0 Å². The summed E-state index contributed by atoms with van der Waals surface area (Å²) < 4.78 is 46.7. The Morgan fingerprint density at radius 2 is 1.40 bits per heavy atom. The van der Waals surface area contributed by atoms with Gasteiger partial charge in [-0.3, -0.25) is 39.8 Å². The Balaban J connectivity index is 0.000000245. The highest BCUT2D eigenvalue weighted by molar-refractivity contribution is 7.84. The number of amides is 4. The van der Waals surface area contributed by atoms with Gasteiger partial charge in [-0.25, -0.2) is 14.4 Å². The van der Waals surface area contributed by atoms with E-state index in [-0.39, 0.29) is 75.6 Å². The highest BCUT2D eigenvalue weighted by Crippen LogP contribution is 2.24. The van der Waals surface area contributed by atoms with Gasteiger partial charge in [-0.1, -0.05) is 22.4 Å². The van der Waals surface area contributed by atoms with Crippen LogP contribution in [0, 0.1) is 10.8 Å². The molecular formula is C35H41N15O12S3. The molecule has 30 heteroatoms. The summed E-state index contributed by atoms with van der Waals surface area (Å²) in [6.07, 6.45) is 0. The summed E-state index contributed by atoms with van der Waals surface area (Å²) in [6.45, 7) is 2.98. The predicted molar refractivity (Wildman–Crippen MR) is 232 cm³/mol. The highest BCUT2D eigenvalue weighted by atomic mass is 32.2. The Morgan fingerprint density at radius 3 is 1.92 bits per heavy atom. The van der Waals surface area contributed by atoms with E-state index in [0.717, 1.165) is 22.9 Å². The standard InChI is InChI=1S/C18H21N7O7S2.C17H20N8O5S/c1-9-13(17(27)25(9)34(28,29)30)23-16(26)14(12-8-33-18(21)22-12)24-32-6-5-31-11-4-2-3-10(7-11)15(19)20;1-8-11(16(27)25(8)28)21-15(26)12(14-22-17(20)31-24-14)23-30-7-6-29-10-4-2-9(3-5-10)13(18)19/h2-4,7-9,13H,5-6H2,1H3,(H3,19,20)(H2,21,22)(H,23,26)(H,28,29,30);2-5,8,11,28H,6-7H2,1H3,(H3,18,19)(H,21,26)(H2,20,22,24)/b24-14-;23-12-/t;8-,11-/m.0/s1. The summed E-state index contributed by atoms with van der Waals surface area (Å²) in [5.74, 6) is -2.47. The number of nitrogens with two attached hydrogens (primary N) is 4. The second-order valence-corrected chi connectivity index (χ2v) is 16.3. The number of nitrogen functional groups attached to an aromatic ring is 4. The normalized spacial score (nSPS) is 18.3. The van der Waals surface area contributed by atoms with Gasteiger partial charge in [-0.05, 0) is 50.2 Å². The van der Waals surface area contributed by atoms with Crippen LogP contribution in [0.3, 0.4) is 0 Å². The van der Waals surface area contributed by atoms with Crippen LogP contribution in [0.2, 0.25) is 0 Å². The smallest absolute Gasteiger partial charge is 0.362 e. The number of hydrogen-bond acceptors (Lipinski definition) is 22. The molecule has 6 rings (SSSR count). The number of thiazole rings is 1. The number of ether oxygens (including phenoxy) is 2. The van der Waals surface area contributed by atoms with E-state index in [2.05, 4.69) is 35.3 Å². The first-order valence-electron chi connectivity index (χ1n) is 18.6. The van der Waals surface area contributed by atoms with E-state index in [0.29, 0.717) is 27.7 Å². The fourth-order valence-corrected chi connectivity index (χ4v) is 7.39. The molecule has 2 saturated heterocycles. The zero-order valence-electron chi connectivity index (χ0n) is 34.0. The Morgan fingerprint density at radius 1 is 0.815 bits per heavy atom. The van der Waals surface area contributed by atoms with Crippen LogP contribution in [0.1, 0.15) is 36.5 Å². The molecule has 2 aliphatic heterocycles. The third kappa shape index (κ3) is 12.3. The third-order valence-corrected chi connectivity index (χ3v) is 11.1. The summed E-state index contributed by atoms with van der Waals surface area (Å²) >= 11 is 1.92. The second-order valence-electron chi connectivity index (χ2n) is 13.3. The number of anilines is 2. The SMILES string of the molecule is CC1C(NC(=O)/C(=N\OCCOc2cccc(C(=N)N)c2)c2csc(N)n2)C(=O)N1S(=O)(=O)O.C[C@H]1[C@H](NC(=O)/C(=N\OCCOc2ccc(C(=N)N)cc2)c2nsc(N)n2)C(=O)N1O. The molecule has 4 amide bonds. The minimum absolute atomic E-state index is 0.00591. The molecule has 2 aromatic heterocycles. The number of oxime groups is 2. The highest BCUT2D eigenvalue weighted by Gasteiger charge is 2.52. The first kappa shape index (κ1) is 48.5. The number of nitrogens with one attached hydrogen (secondary N) is 4. The van der Waals surface area contributed by atoms with Gasteiger partial charge in [0.25, 0.3) is 23.6 Å². The number of aromatic nitrogens is 3. The van der Waals surface area contributed by atoms with Crippen LogP contribution in [0.5, 0.6) is 11.5 Å². The second kappa shape index (κ2) is 21.2. The van der Waals surface area contributed by atoms with Gasteiger partial charge in [0, 0.05) is 28.0 Å². The van der Waals surface area contributed by atoms with E-state index in [1.807, 2.05) is 0 Å². The molecule has 0 saturated carbocycles. The fourth-order valence-electron chi connectivity index (χ4n) is 5.53. The van der Waals surface area contributed by atoms with Crippen LogP contribution in [0.15, 0.2) is 64.2 Å². The van der Waals surface area contributed by atoms with Gasteiger partial charge in [0.1, 0.15) is 54.2 Å². The van der Waals surface area contributed by atoms with Crippen LogP contribution in [-0.2, 0) is 39.2 Å². The fraction of sp³-hybridized carbons (Fsp3) is 0.286. The molecule has 27 nitrogen and oxygen atoms in total. The number of nitrogens with zero attached hydrogens (tertiary/aromatic N) is 7. The Hall–Kier alpha value is -7.54. The molecule has 0 radical (unpaired) electrons. The molecule has 0 aliphatic carbocycles. The van der Waals surface area contributed by atoms with Gasteiger partial charge in [-0.2, -0.15) is 17.8 Å². The molecule has 0 spiro atoms. The lowest BCUT2D eigenvalue weighted by Gasteiger charge is -2.42. The number of carbonyl (C=O) groups is 4. The quantitative estimate of drug-likeness (QED) is 0.00986. The number of benzene rings is 2. The maximum Gasteiger partial charge on any atom is 0.362 e. The van der Waals surface area contributed by atoms with E-state index in [4.69, 9.17) is 57.5 Å². The van der Waals surface area contributed by atoms with Crippen molar-refractivity contribution in [2.75, 3.05) is 37.9 Å². The molecule has 65 heavy (non-hydrogen) atoms. The summed E-state index contributed by atoms with van der Waals surface area (Å²) in [5.41, 5.74) is 22.6. The predicted octanol–water partition coefficient (Wildman–Crippen LogP) is -1.36. The Labute approximate surface area is 376 Å². The van der Waals surface area contributed by atoms with Gasteiger partial charge in [0.15, 0.2) is 29.2 Å². The van der Waals surface area contributed by atoms with Crippen LogP contribution in [0.4, 0.5) is 10.3 Å². The first-order valence-corrected chi connectivity index (χ1v) is 21.6. The third-order valence-electron chi connectivity index (χ3n) is 8.87. The van der Waals surface area contributed by atoms with Crippen molar-refractivity contribution in [3.05, 3.63) is 76.6 Å². The molecule has 14 N–H and O–H groups in total. The molecule has 4 heterocycles. The number of rotatable bonds is 19. The van der Waals surface area contributed by atoms with Crippen LogP contribution in [-0.4, -0.2) is 139 Å². The average Bonchev–Trinajstić information content (AvgIpc) is 3.91. The van der Waals surface area contributed by atoms with Gasteiger partial charge < -0.3 is 52.7 Å². The van der Waals surface area contributed by atoms with Crippen molar-refractivity contribution in [3.63, 3.8) is 0 Å². The molecular weight excluding hydrogens is 919 g/mol. The Bertz CT molecular complexity index is 2610. The molecule has 4 atom stereocenters. The largest absolute Gasteiger partial charge is 0.490 e. The molecule has 2 aliphatic rings. The zero-order chi connectivity index (χ0) is 47.6. The number of carbonyl (C=O) groups excluding carboxylic acids is 4. The topological polar surface area (TPSA) is 426 Å². The van der Waals surface area contributed by atoms with Gasteiger partial charge in [-0.15, -0.1) is 11.3 Å². The average molecular weight is 960 g/mol. The first-order chi connectivity index (χ1) is 30.8. The molecule has 346 valence electrons. The van der Waals surface area contributed by atoms with Crippen molar-refractivity contribution in [1.29, 1.82) is 10.8 Å². The van der Waals surface area contributed by atoms with Gasteiger partial charge in [0.05, 0.1) is 12.1 Å². The number of hydrogen-bond donors (Lipinski definition) is 10. The molecule has 2 aromatic carbocycles. The van der Waals surface area contributed by atoms with E-state index >= 15 is 0 Å². The monoisotopic (exact) mass is 959 g/mol. The van der Waals surface area contributed by atoms with E-state index in [1.54, 1.807) is 55.5 Å². The van der Waals surface area contributed by atoms with E-state index in [9.17, 15) is 32.8 Å². The number of amidine groups is 2. The van der Waals surface area contributed by atoms with Crippen molar-refractivity contribution >= 4 is 90.2 Å². The summed E-state index contributed by atoms with van der Waals surface area (Å²) in [7, 11) is -4.74. The maximum absolute atomic E-state index is 12.7. The van der Waals surface area contributed by atoms with Crippen LogP contribution >= 0.6 is 22.9 Å². The minimum atomic E-state index is -4.74. The van der Waals surface area contributed by atoms with E-state index in [1.165, 1.54) is 12.3 Å². The summed E-state index contributed by atoms with van der Waals surface area (Å²) in [5, 5.41) is 38.8. The zero-order valence-corrected chi connectivity index (χ0v) is 36.4. The Kier molecular flexibility index (Phi) is 15.8. The molecule has 2 unspecified atom stereocenters. The molecule has 0 bridgehead atoms. The van der Waals surface area contributed by atoms with E-state index < -0.39 is 58.1 Å². The summed E-state index contributed by atoms with van der Waals surface area (Å²) in [4.78, 5) is 67.3. The van der Waals surface area contributed by atoms with Crippen LogP contribution in [0.25, 0.3) is 0 Å². The molecule has 4 aromatic rings. The number of β-lactam (4-membered cyclic amide) rings is 2. The van der Waals surface area contributed by atoms with Crippen molar-refractivity contribution in [3.8, 4) is 11.5 Å². The van der Waals surface area contributed by atoms with Crippen molar-refractivity contribution in [2.45, 2.75) is 38.0 Å².